The molecule has 2 N–H and O–H groups in total. The number of hydrogen-bond donors (Lipinski definition) is 2. The number of carbonyl (C=O) groups excluding carboxylic acids is 1. The molecular formula is C15H23N5O6. The molecule has 11 nitrogen and oxygen atoms in total. The van der Waals surface area contributed by atoms with Crippen LogP contribution in [0.15, 0.2) is 6.33 Å². The number of aliphatic hydroxyl groups is 1. The van der Waals surface area contributed by atoms with Crippen molar-refractivity contribution in [1.29, 1.82) is 0 Å². The van der Waals surface area contributed by atoms with Gasteiger partial charge in [0.15, 0.2) is 11.2 Å². The Bertz CT molecular complexity index is 722. The first-order valence-corrected chi connectivity index (χ1v) is 8.18. The van der Waals surface area contributed by atoms with Gasteiger partial charge in [0.05, 0.1) is 26.1 Å². The van der Waals surface area contributed by atoms with Gasteiger partial charge in [0, 0.05) is 7.05 Å². The summed E-state index contributed by atoms with van der Waals surface area (Å²) in [4.78, 5) is 24.0. The van der Waals surface area contributed by atoms with Crippen LogP contribution in [0.5, 0.6) is 5.88 Å². The Morgan fingerprint density at radius 2 is 2.12 bits per heavy atom. The van der Waals surface area contributed by atoms with Crippen LogP contribution >= 0.6 is 0 Å². The average Bonchev–Trinajstić information content (AvgIpc) is 3.05. The van der Waals surface area contributed by atoms with Crippen molar-refractivity contribution in [2.45, 2.75) is 26.7 Å². The minimum absolute atomic E-state index is 0.0413. The molecule has 2 rings (SSSR count). The standard InChI is InChI=1S/C15H23N5O6/c1-4-23-13-11-12(18-14(16-3)19-13)20(8-17-11)9-26-10(6-21)7-25-15(22)24-5-2/h8,10,21H,4-7,9H2,1-3H3,(H,16,18,19). The Morgan fingerprint density at radius 3 is 2.77 bits per heavy atom. The summed E-state index contributed by atoms with van der Waals surface area (Å²) in [5.74, 6) is 0.747. The van der Waals surface area contributed by atoms with E-state index in [-0.39, 0.29) is 26.6 Å². The molecule has 26 heavy (non-hydrogen) atoms. The van der Waals surface area contributed by atoms with Gasteiger partial charge in [-0.1, -0.05) is 0 Å². The minimum Gasteiger partial charge on any atom is -0.476 e. The predicted octanol–water partition coefficient (Wildman–Crippen LogP) is 0.775. The lowest BCUT2D eigenvalue weighted by Gasteiger charge is -2.16. The van der Waals surface area contributed by atoms with E-state index in [0.29, 0.717) is 29.6 Å². The van der Waals surface area contributed by atoms with Crippen LogP contribution in [-0.4, -0.2) is 70.4 Å². The normalized spacial score (nSPS) is 12.0. The highest BCUT2D eigenvalue weighted by Crippen LogP contribution is 2.22. The molecule has 0 aliphatic carbocycles. The second kappa shape index (κ2) is 9.73. The number of hydrogen-bond acceptors (Lipinski definition) is 10. The van der Waals surface area contributed by atoms with Crippen LogP contribution in [0.2, 0.25) is 0 Å². The fraction of sp³-hybridized carbons (Fsp3) is 0.600. The summed E-state index contributed by atoms with van der Waals surface area (Å²) in [5.41, 5.74) is 1.01. The van der Waals surface area contributed by atoms with Crippen LogP contribution in [0.25, 0.3) is 11.2 Å². The second-order valence-corrected chi connectivity index (χ2v) is 5.02. The fourth-order valence-electron chi connectivity index (χ4n) is 2.02. The molecule has 0 radical (unpaired) electrons. The molecule has 144 valence electrons. The predicted molar refractivity (Wildman–Crippen MR) is 91.0 cm³/mol. The molecule has 11 heteroatoms. The van der Waals surface area contributed by atoms with E-state index < -0.39 is 12.3 Å². The van der Waals surface area contributed by atoms with Crippen LogP contribution in [-0.2, 0) is 20.9 Å². The first-order valence-electron chi connectivity index (χ1n) is 8.18. The monoisotopic (exact) mass is 369 g/mol. The third kappa shape index (κ3) is 4.92. The third-order valence-electron chi connectivity index (χ3n) is 3.24. The smallest absolute Gasteiger partial charge is 0.476 e. The van der Waals surface area contributed by atoms with E-state index in [2.05, 4.69) is 25.0 Å². The van der Waals surface area contributed by atoms with Crippen molar-refractivity contribution in [3.8, 4) is 5.88 Å². The summed E-state index contributed by atoms with van der Waals surface area (Å²) in [5, 5.41) is 12.2. The Labute approximate surface area is 150 Å². The molecule has 0 aliphatic rings. The maximum absolute atomic E-state index is 11.2. The number of aliphatic hydroxyl groups excluding tert-OH is 1. The molecule has 0 fully saturated rings. The van der Waals surface area contributed by atoms with Gasteiger partial charge < -0.3 is 29.4 Å². The van der Waals surface area contributed by atoms with E-state index in [1.54, 1.807) is 18.5 Å². The van der Waals surface area contributed by atoms with Crippen LogP contribution in [0.4, 0.5) is 10.7 Å². The highest BCUT2D eigenvalue weighted by Gasteiger charge is 2.16. The molecule has 0 bridgehead atoms. The van der Waals surface area contributed by atoms with Gasteiger partial charge in [-0.05, 0) is 13.8 Å². The summed E-state index contributed by atoms with van der Waals surface area (Å²) < 4.78 is 22.2. The molecule has 1 atom stereocenters. The maximum atomic E-state index is 11.2. The summed E-state index contributed by atoms with van der Waals surface area (Å²) in [7, 11) is 1.70. The molecular weight excluding hydrogens is 346 g/mol. The summed E-state index contributed by atoms with van der Waals surface area (Å²) in [6, 6.07) is 0. The molecule has 2 aromatic rings. The summed E-state index contributed by atoms with van der Waals surface area (Å²) >= 11 is 0. The molecule has 0 aromatic carbocycles. The average molecular weight is 369 g/mol. The van der Waals surface area contributed by atoms with Gasteiger partial charge in [-0.2, -0.15) is 9.97 Å². The fourth-order valence-corrected chi connectivity index (χ4v) is 2.02. The zero-order valence-corrected chi connectivity index (χ0v) is 15.0. The number of fused-ring (bicyclic) bond motifs is 1. The highest BCUT2D eigenvalue weighted by atomic mass is 16.7. The molecule has 0 amide bonds. The second-order valence-electron chi connectivity index (χ2n) is 5.02. The lowest BCUT2D eigenvalue weighted by Crippen LogP contribution is -2.27. The Hall–Kier alpha value is -2.66. The number of nitrogens with one attached hydrogen (secondary N) is 1. The number of nitrogens with zero attached hydrogens (tertiary/aromatic N) is 4. The van der Waals surface area contributed by atoms with Crippen molar-refractivity contribution >= 4 is 23.3 Å². The van der Waals surface area contributed by atoms with Crippen molar-refractivity contribution in [3.63, 3.8) is 0 Å². The number of carbonyl (C=O) groups is 1. The first-order chi connectivity index (χ1) is 12.6. The zero-order valence-electron chi connectivity index (χ0n) is 15.0. The third-order valence-corrected chi connectivity index (χ3v) is 3.24. The lowest BCUT2D eigenvalue weighted by molar-refractivity contribution is -0.0611. The quantitative estimate of drug-likeness (QED) is 0.579. The minimum atomic E-state index is -0.810. The number of rotatable bonds is 10. The Balaban J connectivity index is 2.07. The summed E-state index contributed by atoms with van der Waals surface area (Å²) in [6.45, 7) is 3.75. The zero-order chi connectivity index (χ0) is 18.9. The van der Waals surface area contributed by atoms with Crippen molar-refractivity contribution in [3.05, 3.63) is 6.33 Å². The van der Waals surface area contributed by atoms with Crippen molar-refractivity contribution in [1.82, 2.24) is 19.5 Å². The van der Waals surface area contributed by atoms with Gasteiger partial charge in [0.1, 0.15) is 19.4 Å². The van der Waals surface area contributed by atoms with Gasteiger partial charge >= 0.3 is 6.16 Å². The van der Waals surface area contributed by atoms with E-state index in [4.69, 9.17) is 14.2 Å². The van der Waals surface area contributed by atoms with Crippen LogP contribution in [0.3, 0.4) is 0 Å². The van der Waals surface area contributed by atoms with Crippen molar-refractivity contribution < 1.29 is 28.8 Å². The van der Waals surface area contributed by atoms with E-state index >= 15 is 0 Å². The molecule has 0 saturated carbocycles. The molecule has 0 saturated heterocycles. The highest BCUT2D eigenvalue weighted by molar-refractivity contribution is 5.77. The molecule has 2 heterocycles. The number of anilines is 1. The molecule has 2 aromatic heterocycles. The summed E-state index contributed by atoms with van der Waals surface area (Å²) in [6.07, 6.45) is 0.00583. The van der Waals surface area contributed by atoms with Crippen LogP contribution in [0.1, 0.15) is 13.8 Å². The number of ether oxygens (including phenoxy) is 4. The van der Waals surface area contributed by atoms with Crippen LogP contribution in [0, 0.1) is 0 Å². The first kappa shape index (κ1) is 19.7. The van der Waals surface area contributed by atoms with E-state index in [9.17, 15) is 9.90 Å². The van der Waals surface area contributed by atoms with Gasteiger partial charge in [0.2, 0.25) is 11.8 Å². The SMILES string of the molecule is CCOC(=O)OCC(CO)OCn1cnc2c(OCC)nc(NC)nc21. The number of imidazole rings is 1. The van der Waals surface area contributed by atoms with Crippen molar-refractivity contribution in [2.75, 3.05) is 38.8 Å². The Morgan fingerprint density at radius 1 is 1.31 bits per heavy atom. The van der Waals surface area contributed by atoms with Gasteiger partial charge in [-0.15, -0.1) is 0 Å². The van der Waals surface area contributed by atoms with Crippen LogP contribution < -0.4 is 10.1 Å². The maximum Gasteiger partial charge on any atom is 0.508 e. The lowest BCUT2D eigenvalue weighted by atomic mass is 10.4. The van der Waals surface area contributed by atoms with E-state index in [0.717, 1.165) is 0 Å². The molecule has 0 spiro atoms. The molecule has 0 aliphatic heterocycles. The van der Waals surface area contributed by atoms with Crippen molar-refractivity contribution in [2.24, 2.45) is 0 Å². The van der Waals surface area contributed by atoms with E-state index in [1.807, 2.05) is 6.92 Å². The van der Waals surface area contributed by atoms with Gasteiger partial charge in [-0.25, -0.2) is 9.78 Å². The topological polar surface area (TPSA) is 130 Å². The Kier molecular flexibility index (Phi) is 7.36. The van der Waals surface area contributed by atoms with Gasteiger partial charge in [0.25, 0.3) is 0 Å². The number of aromatic nitrogens is 4. The van der Waals surface area contributed by atoms with Gasteiger partial charge in [-0.3, -0.25) is 4.57 Å². The van der Waals surface area contributed by atoms with E-state index in [1.165, 1.54) is 6.33 Å². The molecule has 1 unspecified atom stereocenters. The largest absolute Gasteiger partial charge is 0.508 e.